The van der Waals surface area contributed by atoms with E-state index in [4.69, 9.17) is 22.1 Å². The molecule has 0 radical (unpaired) electrons. The zero-order valence-corrected chi connectivity index (χ0v) is 11.9. The van der Waals surface area contributed by atoms with E-state index in [0.29, 0.717) is 11.8 Å². The number of hydrogen-bond donors (Lipinski definition) is 1. The highest BCUT2D eigenvalue weighted by Crippen LogP contribution is 2.19. The van der Waals surface area contributed by atoms with Gasteiger partial charge in [-0.15, -0.1) is 0 Å². The van der Waals surface area contributed by atoms with E-state index in [9.17, 15) is 0 Å². The fraction of sp³-hybridized carbons (Fsp3) is 0.357. The third-order valence-electron chi connectivity index (χ3n) is 3.14. The van der Waals surface area contributed by atoms with E-state index in [-0.39, 0.29) is 6.04 Å². The van der Waals surface area contributed by atoms with Crippen LogP contribution in [0, 0.1) is 0 Å². The summed E-state index contributed by atoms with van der Waals surface area (Å²) in [5.74, 6) is 1.59. The van der Waals surface area contributed by atoms with Crippen LogP contribution in [0.3, 0.4) is 0 Å². The van der Waals surface area contributed by atoms with Crippen LogP contribution in [0.2, 0.25) is 5.15 Å². The molecule has 0 amide bonds. The second kappa shape index (κ2) is 6.08. The first-order valence-corrected chi connectivity index (χ1v) is 6.64. The first-order valence-electron chi connectivity index (χ1n) is 6.26. The Labute approximate surface area is 118 Å². The minimum atomic E-state index is 0.0856. The molecule has 19 heavy (non-hydrogen) atoms. The van der Waals surface area contributed by atoms with Crippen LogP contribution in [0.1, 0.15) is 30.8 Å². The van der Waals surface area contributed by atoms with Crippen molar-refractivity contribution in [1.29, 1.82) is 0 Å². The largest absolute Gasteiger partial charge is 0.486 e. The van der Waals surface area contributed by atoms with Gasteiger partial charge in [-0.2, -0.15) is 0 Å². The van der Waals surface area contributed by atoms with Gasteiger partial charge in [-0.05, 0) is 24.1 Å². The highest BCUT2D eigenvalue weighted by molar-refractivity contribution is 6.29. The van der Waals surface area contributed by atoms with E-state index < -0.39 is 0 Å². The smallest absolute Gasteiger partial charge is 0.147 e. The molecule has 0 bridgehead atoms. The summed E-state index contributed by atoms with van der Waals surface area (Å²) in [5, 5.41) is 0.600. The van der Waals surface area contributed by atoms with Gasteiger partial charge in [-0.1, -0.05) is 30.7 Å². The van der Waals surface area contributed by atoms with Crippen molar-refractivity contribution in [3.8, 4) is 5.75 Å². The van der Waals surface area contributed by atoms with Crippen molar-refractivity contribution in [1.82, 2.24) is 9.55 Å². The molecule has 5 heteroatoms. The Hall–Kier alpha value is -1.52. The molecule has 0 spiro atoms. The molecule has 1 aromatic heterocycles. The van der Waals surface area contributed by atoms with Crippen LogP contribution in [0.4, 0.5) is 0 Å². The van der Waals surface area contributed by atoms with Crippen molar-refractivity contribution in [3.63, 3.8) is 0 Å². The summed E-state index contributed by atoms with van der Waals surface area (Å²) in [4.78, 5) is 4.18. The number of imidazole rings is 1. The highest BCUT2D eigenvalue weighted by Gasteiger charge is 2.06. The molecular formula is C14H18ClN3O. The maximum absolute atomic E-state index is 5.96. The van der Waals surface area contributed by atoms with Crippen LogP contribution in [0.5, 0.6) is 5.75 Å². The zero-order valence-electron chi connectivity index (χ0n) is 11.1. The van der Waals surface area contributed by atoms with Gasteiger partial charge in [0.2, 0.25) is 0 Å². The lowest BCUT2D eigenvalue weighted by molar-refractivity contribution is 0.291. The van der Waals surface area contributed by atoms with E-state index in [1.807, 2.05) is 31.3 Å². The maximum Gasteiger partial charge on any atom is 0.147 e. The Morgan fingerprint density at radius 2 is 2.05 bits per heavy atom. The first kappa shape index (κ1) is 13.9. The second-order valence-corrected chi connectivity index (χ2v) is 4.82. The quantitative estimate of drug-likeness (QED) is 0.915. The molecule has 0 saturated carbocycles. The van der Waals surface area contributed by atoms with E-state index in [1.54, 1.807) is 10.8 Å². The molecule has 2 rings (SSSR count). The Kier molecular flexibility index (Phi) is 4.45. The zero-order chi connectivity index (χ0) is 13.8. The summed E-state index contributed by atoms with van der Waals surface area (Å²) >= 11 is 5.91. The lowest BCUT2D eigenvalue weighted by Crippen LogP contribution is -2.08. The third-order valence-corrected chi connectivity index (χ3v) is 3.49. The summed E-state index contributed by atoms with van der Waals surface area (Å²) in [5.41, 5.74) is 7.08. The number of nitrogens with zero attached hydrogens (tertiary/aromatic N) is 2. The Morgan fingerprint density at radius 3 is 2.58 bits per heavy atom. The van der Waals surface area contributed by atoms with Gasteiger partial charge in [0, 0.05) is 13.1 Å². The van der Waals surface area contributed by atoms with Crippen LogP contribution < -0.4 is 10.5 Å². The Bertz CT molecular complexity index is 536. The van der Waals surface area contributed by atoms with E-state index in [0.717, 1.165) is 23.6 Å². The number of hydrogen-bond acceptors (Lipinski definition) is 3. The SMILES string of the molecule is CC[C@@H](N)c1ccc(OCc2ncc(Cl)n2C)cc1. The van der Waals surface area contributed by atoms with Gasteiger partial charge in [0.05, 0.1) is 6.20 Å². The summed E-state index contributed by atoms with van der Waals surface area (Å²) in [6, 6.07) is 7.93. The normalized spacial score (nSPS) is 12.4. The number of ether oxygens (including phenoxy) is 1. The molecule has 2 aromatic rings. The van der Waals surface area contributed by atoms with E-state index in [2.05, 4.69) is 11.9 Å². The summed E-state index contributed by atoms with van der Waals surface area (Å²) in [7, 11) is 1.86. The first-order chi connectivity index (χ1) is 9.11. The van der Waals surface area contributed by atoms with Crippen LogP contribution in [-0.2, 0) is 13.7 Å². The molecule has 102 valence electrons. The fourth-order valence-corrected chi connectivity index (χ4v) is 1.90. The molecule has 0 fully saturated rings. The molecule has 0 unspecified atom stereocenters. The topological polar surface area (TPSA) is 53.1 Å². The summed E-state index contributed by atoms with van der Waals surface area (Å²) < 4.78 is 7.47. The average molecular weight is 280 g/mol. The molecule has 2 N–H and O–H groups in total. The Morgan fingerprint density at radius 1 is 1.37 bits per heavy atom. The van der Waals surface area contributed by atoms with Gasteiger partial charge in [0.25, 0.3) is 0 Å². The van der Waals surface area contributed by atoms with Gasteiger partial charge < -0.3 is 15.0 Å². The van der Waals surface area contributed by atoms with Crippen molar-refractivity contribution in [2.75, 3.05) is 0 Å². The van der Waals surface area contributed by atoms with Gasteiger partial charge in [-0.3, -0.25) is 0 Å². The van der Waals surface area contributed by atoms with Crippen molar-refractivity contribution in [2.24, 2.45) is 12.8 Å². The molecule has 0 aliphatic heterocycles. The number of halogens is 1. The van der Waals surface area contributed by atoms with Crippen LogP contribution >= 0.6 is 11.6 Å². The summed E-state index contributed by atoms with van der Waals surface area (Å²) in [6.07, 6.45) is 2.54. The predicted molar refractivity (Wildman–Crippen MR) is 76.2 cm³/mol. The minimum absolute atomic E-state index is 0.0856. The molecule has 4 nitrogen and oxygen atoms in total. The number of aromatic nitrogens is 2. The van der Waals surface area contributed by atoms with Gasteiger partial charge in [0.15, 0.2) is 0 Å². The number of nitrogens with two attached hydrogens (primary N) is 1. The Balaban J connectivity index is 1.98. The monoisotopic (exact) mass is 279 g/mol. The van der Waals surface area contributed by atoms with Crippen molar-refractivity contribution in [2.45, 2.75) is 26.0 Å². The number of benzene rings is 1. The summed E-state index contributed by atoms with van der Waals surface area (Å²) in [6.45, 7) is 2.46. The van der Waals surface area contributed by atoms with E-state index >= 15 is 0 Å². The minimum Gasteiger partial charge on any atom is -0.486 e. The average Bonchev–Trinajstić information content (AvgIpc) is 2.76. The lowest BCUT2D eigenvalue weighted by atomic mass is 10.1. The number of rotatable bonds is 5. The molecule has 0 aliphatic rings. The van der Waals surface area contributed by atoms with Crippen molar-refractivity contribution in [3.05, 3.63) is 47.0 Å². The van der Waals surface area contributed by atoms with Crippen LogP contribution in [-0.4, -0.2) is 9.55 Å². The third kappa shape index (κ3) is 3.28. The predicted octanol–water partition coefficient (Wildman–Crippen LogP) is 3.06. The maximum atomic E-state index is 5.96. The van der Waals surface area contributed by atoms with Crippen molar-refractivity contribution >= 4 is 11.6 Å². The van der Waals surface area contributed by atoms with E-state index in [1.165, 1.54) is 0 Å². The second-order valence-electron chi connectivity index (χ2n) is 4.43. The van der Waals surface area contributed by atoms with Crippen LogP contribution in [0.15, 0.2) is 30.5 Å². The van der Waals surface area contributed by atoms with Gasteiger partial charge >= 0.3 is 0 Å². The molecule has 0 aliphatic carbocycles. The van der Waals surface area contributed by atoms with Gasteiger partial charge in [0.1, 0.15) is 23.3 Å². The highest BCUT2D eigenvalue weighted by atomic mass is 35.5. The molecule has 1 heterocycles. The standard InChI is InChI=1S/C14H18ClN3O/c1-3-12(16)10-4-6-11(7-5-10)19-9-14-17-8-13(15)18(14)2/h4-8,12H,3,9,16H2,1-2H3/t12-/m1/s1. The van der Waals surface area contributed by atoms with Crippen LogP contribution in [0.25, 0.3) is 0 Å². The lowest BCUT2D eigenvalue weighted by Gasteiger charge is -2.11. The molecule has 0 saturated heterocycles. The molecule has 1 aromatic carbocycles. The molecule has 1 atom stereocenters. The van der Waals surface area contributed by atoms with Gasteiger partial charge in [-0.25, -0.2) is 4.98 Å². The van der Waals surface area contributed by atoms with Crippen molar-refractivity contribution < 1.29 is 4.74 Å². The molecular weight excluding hydrogens is 262 g/mol. The fourth-order valence-electron chi connectivity index (χ4n) is 1.75.